The molecule has 3 nitrogen and oxygen atoms in total. The van der Waals surface area contributed by atoms with Crippen LogP contribution in [0.5, 0.6) is 0 Å². The first-order valence-corrected chi connectivity index (χ1v) is 8.36. The van der Waals surface area contributed by atoms with E-state index in [1.807, 2.05) is 24.3 Å². The molecule has 2 bridgehead atoms. The minimum atomic E-state index is 0.148. The van der Waals surface area contributed by atoms with Crippen LogP contribution >= 0.6 is 12.6 Å². The topological polar surface area (TPSA) is 32.3 Å². The van der Waals surface area contributed by atoms with E-state index in [0.29, 0.717) is 24.5 Å². The van der Waals surface area contributed by atoms with Crippen molar-refractivity contribution in [2.75, 3.05) is 7.05 Å². The highest BCUT2D eigenvalue weighted by Gasteiger charge is 2.36. The molecule has 0 aliphatic carbocycles. The van der Waals surface area contributed by atoms with Crippen molar-refractivity contribution in [3.8, 4) is 0 Å². The lowest BCUT2D eigenvalue weighted by atomic mass is 9.82. The van der Waals surface area contributed by atoms with Gasteiger partial charge >= 0.3 is 0 Å². The largest absolute Gasteiger partial charge is 0.353 e. The molecule has 0 saturated carbocycles. The van der Waals surface area contributed by atoms with Crippen molar-refractivity contribution in [2.45, 2.75) is 61.5 Å². The van der Waals surface area contributed by atoms with E-state index in [9.17, 15) is 4.79 Å². The van der Waals surface area contributed by atoms with Crippen LogP contribution in [0.15, 0.2) is 29.2 Å². The molecule has 1 N–H and O–H groups in total. The Balaban J connectivity index is 1.54. The molecule has 1 aromatic rings. The molecule has 0 aromatic heterocycles. The van der Waals surface area contributed by atoms with E-state index < -0.39 is 0 Å². The first kappa shape index (κ1) is 14.9. The van der Waals surface area contributed by atoms with Gasteiger partial charge in [-0.1, -0.05) is 18.6 Å². The van der Waals surface area contributed by atoms with Crippen LogP contribution in [-0.4, -0.2) is 36.0 Å². The maximum Gasteiger partial charge on any atom is 0.224 e. The summed E-state index contributed by atoms with van der Waals surface area (Å²) in [6, 6.07) is 9.50. The first-order chi connectivity index (χ1) is 10.1. The third kappa shape index (κ3) is 3.61. The number of piperidine rings is 2. The van der Waals surface area contributed by atoms with Crippen LogP contribution in [0.4, 0.5) is 0 Å². The van der Waals surface area contributed by atoms with Crippen molar-refractivity contribution in [1.82, 2.24) is 10.2 Å². The normalized spacial score (nSPS) is 29.1. The molecule has 0 radical (unpaired) electrons. The number of rotatable bonds is 3. The van der Waals surface area contributed by atoms with Crippen molar-refractivity contribution in [3.05, 3.63) is 29.8 Å². The zero-order valence-electron chi connectivity index (χ0n) is 12.6. The van der Waals surface area contributed by atoms with Crippen LogP contribution in [0.1, 0.15) is 37.7 Å². The van der Waals surface area contributed by atoms with Gasteiger partial charge in [0.25, 0.3) is 0 Å². The molecular weight excluding hydrogens is 280 g/mol. The number of carbonyl (C=O) groups excluding carboxylic acids is 1. The number of nitrogens with one attached hydrogen (secondary N) is 1. The minimum absolute atomic E-state index is 0.148. The fourth-order valence-corrected chi connectivity index (χ4v) is 3.96. The number of fused-ring (bicyclic) bond motifs is 2. The standard InChI is InChI=1S/C17H24N2OS/c1-19-14-3-2-4-15(19)11-13(10-14)18-17(20)9-12-5-7-16(21)8-6-12/h5-8,13-15,21H,2-4,9-11H2,1H3,(H,18,20). The molecule has 2 saturated heterocycles. The van der Waals surface area contributed by atoms with Crippen LogP contribution in [0.3, 0.4) is 0 Å². The molecule has 4 heteroatoms. The van der Waals surface area contributed by atoms with Gasteiger partial charge in [0.2, 0.25) is 5.91 Å². The Morgan fingerprint density at radius 3 is 2.48 bits per heavy atom. The maximum atomic E-state index is 12.2. The van der Waals surface area contributed by atoms with Crippen molar-refractivity contribution < 1.29 is 4.79 Å². The van der Waals surface area contributed by atoms with Gasteiger partial charge in [-0.05, 0) is 50.4 Å². The Morgan fingerprint density at radius 1 is 1.24 bits per heavy atom. The van der Waals surface area contributed by atoms with Crippen LogP contribution in [0.25, 0.3) is 0 Å². The highest BCUT2D eigenvalue weighted by molar-refractivity contribution is 7.80. The highest BCUT2D eigenvalue weighted by atomic mass is 32.1. The first-order valence-electron chi connectivity index (χ1n) is 7.91. The lowest BCUT2D eigenvalue weighted by molar-refractivity contribution is -0.121. The fourth-order valence-electron chi connectivity index (χ4n) is 3.81. The van der Waals surface area contributed by atoms with Crippen LogP contribution < -0.4 is 5.32 Å². The summed E-state index contributed by atoms with van der Waals surface area (Å²) in [5.74, 6) is 0.148. The second-order valence-corrected chi connectivity index (χ2v) is 7.00. The molecule has 0 spiro atoms. The summed E-state index contributed by atoms with van der Waals surface area (Å²) >= 11 is 4.27. The predicted octanol–water partition coefficient (Wildman–Crippen LogP) is 2.65. The summed E-state index contributed by atoms with van der Waals surface area (Å²) in [5.41, 5.74) is 1.05. The summed E-state index contributed by atoms with van der Waals surface area (Å²) in [4.78, 5) is 15.7. The summed E-state index contributed by atoms with van der Waals surface area (Å²) in [7, 11) is 2.24. The Bertz CT molecular complexity index is 488. The second-order valence-electron chi connectivity index (χ2n) is 6.48. The van der Waals surface area contributed by atoms with Gasteiger partial charge in [-0.2, -0.15) is 0 Å². The molecule has 2 unspecified atom stereocenters. The number of thiol groups is 1. The minimum Gasteiger partial charge on any atom is -0.353 e. The lowest BCUT2D eigenvalue weighted by Crippen LogP contribution is -2.55. The number of hydrogen-bond donors (Lipinski definition) is 2. The van der Waals surface area contributed by atoms with E-state index in [1.165, 1.54) is 19.3 Å². The summed E-state index contributed by atoms with van der Waals surface area (Å²) in [6.45, 7) is 0. The summed E-state index contributed by atoms with van der Waals surface area (Å²) < 4.78 is 0. The van der Waals surface area contributed by atoms with Crippen LogP contribution in [0, 0.1) is 0 Å². The SMILES string of the molecule is CN1C2CCCC1CC(NC(=O)Cc1ccc(S)cc1)C2. The molecular formula is C17H24N2OS. The average molecular weight is 304 g/mol. The molecule has 2 aliphatic heterocycles. The Morgan fingerprint density at radius 2 is 1.86 bits per heavy atom. The van der Waals surface area contributed by atoms with Crippen molar-refractivity contribution in [1.29, 1.82) is 0 Å². The molecule has 3 rings (SSSR count). The van der Waals surface area contributed by atoms with Gasteiger partial charge in [-0.15, -0.1) is 12.6 Å². The number of amides is 1. The molecule has 1 amide bonds. The third-order valence-electron chi connectivity index (χ3n) is 5.01. The average Bonchev–Trinajstić information content (AvgIpc) is 2.42. The van der Waals surface area contributed by atoms with Crippen molar-refractivity contribution in [3.63, 3.8) is 0 Å². The van der Waals surface area contributed by atoms with E-state index >= 15 is 0 Å². The fraction of sp³-hybridized carbons (Fsp3) is 0.588. The molecule has 2 atom stereocenters. The van der Waals surface area contributed by atoms with Gasteiger partial charge in [-0.3, -0.25) is 4.79 Å². The van der Waals surface area contributed by atoms with Gasteiger partial charge in [0.1, 0.15) is 0 Å². The van der Waals surface area contributed by atoms with Gasteiger partial charge in [0, 0.05) is 23.0 Å². The Kier molecular flexibility index (Phi) is 4.55. The molecule has 2 fully saturated rings. The second kappa shape index (κ2) is 6.41. The molecule has 1 aromatic carbocycles. The maximum absolute atomic E-state index is 12.2. The van der Waals surface area contributed by atoms with Gasteiger partial charge in [-0.25, -0.2) is 0 Å². The summed E-state index contributed by atoms with van der Waals surface area (Å²) in [6.07, 6.45) is 6.58. The van der Waals surface area contributed by atoms with Gasteiger partial charge in [0.15, 0.2) is 0 Å². The Hall–Kier alpha value is -1.00. The lowest BCUT2D eigenvalue weighted by Gasteiger charge is -2.47. The van der Waals surface area contributed by atoms with Gasteiger partial charge in [0.05, 0.1) is 6.42 Å². The zero-order chi connectivity index (χ0) is 14.8. The third-order valence-corrected chi connectivity index (χ3v) is 5.30. The zero-order valence-corrected chi connectivity index (χ0v) is 13.5. The highest BCUT2D eigenvalue weighted by Crippen LogP contribution is 2.32. The Labute approximate surface area is 132 Å². The quantitative estimate of drug-likeness (QED) is 0.842. The van der Waals surface area contributed by atoms with Crippen molar-refractivity contribution in [2.24, 2.45) is 0 Å². The number of carbonyl (C=O) groups is 1. The van der Waals surface area contributed by atoms with Crippen LogP contribution in [-0.2, 0) is 11.2 Å². The van der Waals surface area contributed by atoms with E-state index in [0.717, 1.165) is 23.3 Å². The van der Waals surface area contributed by atoms with E-state index in [4.69, 9.17) is 0 Å². The van der Waals surface area contributed by atoms with E-state index in [2.05, 4.69) is 29.9 Å². The predicted molar refractivity (Wildman–Crippen MR) is 87.8 cm³/mol. The monoisotopic (exact) mass is 304 g/mol. The number of benzene rings is 1. The molecule has 21 heavy (non-hydrogen) atoms. The molecule has 2 heterocycles. The van der Waals surface area contributed by atoms with E-state index in [1.54, 1.807) is 0 Å². The number of nitrogens with zero attached hydrogens (tertiary/aromatic N) is 1. The number of hydrogen-bond acceptors (Lipinski definition) is 3. The van der Waals surface area contributed by atoms with Crippen molar-refractivity contribution >= 4 is 18.5 Å². The smallest absolute Gasteiger partial charge is 0.224 e. The molecule has 114 valence electrons. The summed E-state index contributed by atoms with van der Waals surface area (Å²) in [5, 5.41) is 3.25. The van der Waals surface area contributed by atoms with Crippen LogP contribution in [0.2, 0.25) is 0 Å². The molecule has 2 aliphatic rings. The van der Waals surface area contributed by atoms with Gasteiger partial charge < -0.3 is 10.2 Å². The van der Waals surface area contributed by atoms with E-state index in [-0.39, 0.29) is 5.91 Å².